The van der Waals surface area contributed by atoms with Gasteiger partial charge in [0, 0.05) is 11.7 Å². The van der Waals surface area contributed by atoms with Crippen molar-refractivity contribution in [2.24, 2.45) is 5.73 Å². The Bertz CT molecular complexity index is 615. The molecule has 1 fully saturated rings. The van der Waals surface area contributed by atoms with Crippen LogP contribution >= 0.6 is 0 Å². The first-order valence-corrected chi connectivity index (χ1v) is 7.90. The topological polar surface area (TPSA) is 43.8 Å². The summed E-state index contributed by atoms with van der Waals surface area (Å²) >= 11 is 0. The van der Waals surface area contributed by atoms with Gasteiger partial charge in [0.1, 0.15) is 0 Å². The highest BCUT2D eigenvalue weighted by Crippen LogP contribution is 2.38. The molecule has 0 bridgehead atoms. The van der Waals surface area contributed by atoms with E-state index in [1.165, 1.54) is 23.2 Å². The number of hydrogen-bond donors (Lipinski definition) is 1. The van der Waals surface area contributed by atoms with E-state index in [-0.39, 0.29) is 6.04 Å². The third kappa shape index (κ3) is 2.62. The Kier molecular flexibility index (Phi) is 3.85. The highest BCUT2D eigenvalue weighted by molar-refractivity contribution is 5.24. The predicted molar refractivity (Wildman–Crippen MR) is 86.5 cm³/mol. The second-order valence-corrected chi connectivity index (χ2v) is 6.39. The van der Waals surface area contributed by atoms with E-state index in [1.54, 1.807) is 0 Å². The molecule has 3 atom stereocenters. The second kappa shape index (κ2) is 5.64. The Labute approximate surface area is 127 Å². The molecule has 0 radical (unpaired) electrons. The van der Waals surface area contributed by atoms with E-state index < -0.39 is 0 Å². The van der Waals surface area contributed by atoms with Crippen molar-refractivity contribution in [3.63, 3.8) is 0 Å². The Hall–Kier alpha value is -1.61. The van der Waals surface area contributed by atoms with Crippen molar-refractivity contribution >= 4 is 0 Å². The fourth-order valence-corrected chi connectivity index (χ4v) is 3.55. The van der Waals surface area contributed by atoms with Gasteiger partial charge >= 0.3 is 0 Å². The fourth-order valence-electron chi connectivity index (χ4n) is 3.55. The molecule has 1 aliphatic carbocycles. The van der Waals surface area contributed by atoms with Gasteiger partial charge in [-0.05, 0) is 57.1 Å². The minimum Gasteiger partial charge on any atom is -0.326 e. The van der Waals surface area contributed by atoms with E-state index in [9.17, 15) is 0 Å². The summed E-state index contributed by atoms with van der Waals surface area (Å²) in [6, 6.07) is 11.4. The largest absolute Gasteiger partial charge is 0.326 e. The molecule has 2 aromatic rings. The summed E-state index contributed by atoms with van der Waals surface area (Å²) in [7, 11) is 0. The van der Waals surface area contributed by atoms with Gasteiger partial charge in [-0.3, -0.25) is 4.68 Å². The minimum absolute atomic E-state index is 0.211. The van der Waals surface area contributed by atoms with Gasteiger partial charge in [0.25, 0.3) is 0 Å². The molecule has 1 saturated carbocycles. The maximum Gasteiger partial charge on any atom is 0.0679 e. The third-order valence-electron chi connectivity index (χ3n) is 5.14. The molecule has 1 aromatic carbocycles. The van der Waals surface area contributed by atoms with Crippen LogP contribution in [0.15, 0.2) is 30.3 Å². The minimum atomic E-state index is 0.211. The second-order valence-electron chi connectivity index (χ2n) is 6.39. The summed E-state index contributed by atoms with van der Waals surface area (Å²) in [4.78, 5) is 0. The smallest absolute Gasteiger partial charge is 0.0679 e. The van der Waals surface area contributed by atoms with Crippen molar-refractivity contribution in [2.45, 2.75) is 58.0 Å². The molecular weight excluding hydrogens is 258 g/mol. The van der Waals surface area contributed by atoms with Crippen LogP contribution in [0.4, 0.5) is 0 Å². The molecule has 3 unspecified atom stereocenters. The van der Waals surface area contributed by atoms with Crippen molar-refractivity contribution in [1.29, 1.82) is 0 Å². The Balaban J connectivity index is 1.89. The van der Waals surface area contributed by atoms with Crippen LogP contribution in [0.25, 0.3) is 0 Å². The molecule has 0 spiro atoms. The van der Waals surface area contributed by atoms with Crippen molar-refractivity contribution in [3.05, 3.63) is 52.8 Å². The number of nitrogens with zero attached hydrogens (tertiary/aromatic N) is 2. The van der Waals surface area contributed by atoms with E-state index in [1.807, 2.05) is 0 Å². The van der Waals surface area contributed by atoms with Crippen LogP contribution in [0.1, 0.15) is 53.7 Å². The fraction of sp³-hybridized carbons (Fsp3) is 0.500. The number of aromatic nitrogens is 2. The van der Waals surface area contributed by atoms with Crippen LogP contribution in [0.3, 0.4) is 0 Å². The zero-order chi connectivity index (χ0) is 15.0. The first kappa shape index (κ1) is 14.3. The standard InChI is InChI=1S/C18H25N3/c1-12-13(2)20-21(14(12)3)18-11-16(9-10-17(18)19)15-7-5-4-6-8-15/h4-8,16-18H,9-11,19H2,1-3H3. The maximum absolute atomic E-state index is 6.42. The summed E-state index contributed by atoms with van der Waals surface area (Å²) in [6.45, 7) is 6.40. The lowest BCUT2D eigenvalue weighted by Gasteiger charge is -2.35. The van der Waals surface area contributed by atoms with Crippen molar-refractivity contribution in [3.8, 4) is 0 Å². The number of nitrogens with two attached hydrogens (primary N) is 1. The summed E-state index contributed by atoms with van der Waals surface area (Å²) in [5, 5.41) is 4.75. The van der Waals surface area contributed by atoms with Gasteiger partial charge in [-0.25, -0.2) is 0 Å². The summed E-state index contributed by atoms with van der Waals surface area (Å²) in [5.41, 5.74) is 11.5. The first-order valence-electron chi connectivity index (χ1n) is 7.90. The molecule has 0 saturated heterocycles. The van der Waals surface area contributed by atoms with Gasteiger partial charge in [-0.1, -0.05) is 30.3 Å². The average molecular weight is 283 g/mol. The summed E-state index contributed by atoms with van der Waals surface area (Å²) in [5.74, 6) is 0.597. The summed E-state index contributed by atoms with van der Waals surface area (Å²) < 4.78 is 2.18. The van der Waals surface area contributed by atoms with Gasteiger partial charge in [-0.15, -0.1) is 0 Å². The molecule has 2 N–H and O–H groups in total. The number of aryl methyl sites for hydroxylation is 1. The van der Waals surface area contributed by atoms with E-state index in [4.69, 9.17) is 10.8 Å². The molecule has 21 heavy (non-hydrogen) atoms. The molecule has 0 amide bonds. The number of rotatable bonds is 2. The van der Waals surface area contributed by atoms with Crippen LogP contribution in [-0.4, -0.2) is 15.8 Å². The average Bonchev–Trinajstić information content (AvgIpc) is 2.76. The predicted octanol–water partition coefficient (Wildman–Crippen LogP) is 3.64. The lowest BCUT2D eigenvalue weighted by atomic mass is 9.79. The molecular formula is C18H25N3. The van der Waals surface area contributed by atoms with Gasteiger partial charge in [0.2, 0.25) is 0 Å². The molecule has 112 valence electrons. The van der Waals surface area contributed by atoms with Crippen molar-refractivity contribution in [2.75, 3.05) is 0 Å². The van der Waals surface area contributed by atoms with E-state index in [2.05, 4.69) is 55.8 Å². The third-order valence-corrected chi connectivity index (χ3v) is 5.14. The van der Waals surface area contributed by atoms with Crippen molar-refractivity contribution in [1.82, 2.24) is 9.78 Å². The number of benzene rings is 1. The van der Waals surface area contributed by atoms with Gasteiger partial charge in [-0.2, -0.15) is 5.10 Å². The van der Waals surface area contributed by atoms with Crippen LogP contribution in [0.2, 0.25) is 0 Å². The normalized spacial score (nSPS) is 26.0. The molecule has 3 heteroatoms. The van der Waals surface area contributed by atoms with Crippen LogP contribution in [-0.2, 0) is 0 Å². The van der Waals surface area contributed by atoms with Gasteiger partial charge < -0.3 is 5.73 Å². The molecule has 3 rings (SSSR count). The Morgan fingerprint density at radius 1 is 1.10 bits per heavy atom. The molecule has 1 aliphatic rings. The van der Waals surface area contributed by atoms with E-state index >= 15 is 0 Å². The van der Waals surface area contributed by atoms with Gasteiger partial charge in [0.05, 0.1) is 11.7 Å². The Morgan fingerprint density at radius 3 is 2.43 bits per heavy atom. The Morgan fingerprint density at radius 2 is 1.81 bits per heavy atom. The summed E-state index contributed by atoms with van der Waals surface area (Å²) in [6.07, 6.45) is 3.34. The quantitative estimate of drug-likeness (QED) is 0.914. The highest BCUT2D eigenvalue weighted by atomic mass is 15.3. The monoisotopic (exact) mass is 283 g/mol. The van der Waals surface area contributed by atoms with E-state index in [0.29, 0.717) is 12.0 Å². The highest BCUT2D eigenvalue weighted by Gasteiger charge is 2.31. The number of hydrogen-bond acceptors (Lipinski definition) is 2. The van der Waals surface area contributed by atoms with Crippen LogP contribution < -0.4 is 5.73 Å². The lowest BCUT2D eigenvalue weighted by Crippen LogP contribution is -2.38. The van der Waals surface area contributed by atoms with Crippen LogP contribution in [0.5, 0.6) is 0 Å². The molecule has 0 aliphatic heterocycles. The molecule has 3 nitrogen and oxygen atoms in total. The SMILES string of the molecule is Cc1nn(C2CC(c3ccccc3)CCC2N)c(C)c1C. The van der Waals surface area contributed by atoms with Crippen LogP contribution in [0, 0.1) is 20.8 Å². The first-order chi connectivity index (χ1) is 10.1. The lowest BCUT2D eigenvalue weighted by molar-refractivity contribution is 0.257. The maximum atomic E-state index is 6.42. The van der Waals surface area contributed by atoms with Gasteiger partial charge in [0.15, 0.2) is 0 Å². The molecule has 1 heterocycles. The zero-order valence-corrected chi connectivity index (χ0v) is 13.2. The van der Waals surface area contributed by atoms with Crippen molar-refractivity contribution < 1.29 is 0 Å². The zero-order valence-electron chi connectivity index (χ0n) is 13.2. The molecule has 1 aromatic heterocycles. The van der Waals surface area contributed by atoms with E-state index in [0.717, 1.165) is 18.5 Å².